The SMILES string of the molecule is COC1CCCCC1(Nc1ccc(Cl)c(Br)c1)C(=O)O. The molecule has 0 bridgehead atoms. The Morgan fingerprint density at radius 1 is 1.55 bits per heavy atom. The Hall–Kier alpha value is -0.780. The largest absolute Gasteiger partial charge is 0.479 e. The van der Waals surface area contributed by atoms with Gasteiger partial charge >= 0.3 is 5.97 Å². The molecule has 6 heteroatoms. The number of ether oxygens (including phenoxy) is 1. The summed E-state index contributed by atoms with van der Waals surface area (Å²) in [5.74, 6) is -0.880. The van der Waals surface area contributed by atoms with Crippen LogP contribution in [0.5, 0.6) is 0 Å². The van der Waals surface area contributed by atoms with E-state index in [1.807, 2.05) is 0 Å². The van der Waals surface area contributed by atoms with Crippen LogP contribution in [-0.2, 0) is 9.53 Å². The number of aliphatic carboxylic acids is 1. The van der Waals surface area contributed by atoms with E-state index in [4.69, 9.17) is 16.3 Å². The van der Waals surface area contributed by atoms with Crippen molar-refractivity contribution < 1.29 is 14.6 Å². The van der Waals surface area contributed by atoms with Crippen molar-refractivity contribution in [2.45, 2.75) is 37.3 Å². The minimum atomic E-state index is -1.08. The fraction of sp³-hybridized carbons (Fsp3) is 0.500. The van der Waals surface area contributed by atoms with Gasteiger partial charge < -0.3 is 15.2 Å². The van der Waals surface area contributed by atoms with E-state index in [1.165, 1.54) is 0 Å². The van der Waals surface area contributed by atoms with Crippen molar-refractivity contribution in [3.63, 3.8) is 0 Å². The number of benzene rings is 1. The van der Waals surface area contributed by atoms with E-state index in [9.17, 15) is 9.90 Å². The Kier molecular flexibility index (Phi) is 4.94. The van der Waals surface area contributed by atoms with Crippen LogP contribution in [-0.4, -0.2) is 29.8 Å². The topological polar surface area (TPSA) is 58.6 Å². The molecule has 1 aromatic rings. The lowest BCUT2D eigenvalue weighted by molar-refractivity contribution is -0.149. The molecule has 0 radical (unpaired) electrons. The third-order valence-corrected chi connectivity index (χ3v) is 5.00. The molecule has 1 saturated carbocycles. The lowest BCUT2D eigenvalue weighted by Crippen LogP contribution is -2.58. The van der Waals surface area contributed by atoms with E-state index in [0.717, 1.165) is 23.7 Å². The first-order valence-corrected chi connectivity index (χ1v) is 7.66. The first-order chi connectivity index (χ1) is 9.49. The van der Waals surface area contributed by atoms with Crippen molar-refractivity contribution in [1.82, 2.24) is 0 Å². The van der Waals surface area contributed by atoms with Crippen LogP contribution in [0.4, 0.5) is 5.69 Å². The average molecular weight is 363 g/mol. The third-order valence-electron chi connectivity index (χ3n) is 3.79. The van der Waals surface area contributed by atoms with Gasteiger partial charge in [-0.25, -0.2) is 4.79 Å². The van der Waals surface area contributed by atoms with Crippen LogP contribution < -0.4 is 5.32 Å². The number of carbonyl (C=O) groups is 1. The highest BCUT2D eigenvalue weighted by molar-refractivity contribution is 9.10. The summed E-state index contributed by atoms with van der Waals surface area (Å²) < 4.78 is 6.14. The predicted molar refractivity (Wildman–Crippen MR) is 82.4 cm³/mol. The minimum Gasteiger partial charge on any atom is -0.479 e. The van der Waals surface area contributed by atoms with E-state index in [2.05, 4.69) is 21.2 Å². The number of carboxylic acids is 1. The smallest absolute Gasteiger partial charge is 0.332 e. The molecule has 2 atom stereocenters. The molecule has 1 aromatic carbocycles. The molecular formula is C14H17BrClNO3. The molecule has 0 saturated heterocycles. The molecule has 1 aliphatic rings. The minimum absolute atomic E-state index is 0.344. The van der Waals surface area contributed by atoms with Crippen molar-refractivity contribution in [3.8, 4) is 0 Å². The number of nitrogens with one attached hydrogen (secondary N) is 1. The zero-order chi connectivity index (χ0) is 14.8. The molecule has 110 valence electrons. The Morgan fingerprint density at radius 3 is 2.90 bits per heavy atom. The number of hydrogen-bond donors (Lipinski definition) is 2. The molecule has 1 fully saturated rings. The quantitative estimate of drug-likeness (QED) is 0.852. The average Bonchev–Trinajstić information content (AvgIpc) is 2.43. The molecular weight excluding hydrogens is 346 g/mol. The van der Waals surface area contributed by atoms with Gasteiger partial charge in [-0.3, -0.25) is 0 Å². The van der Waals surface area contributed by atoms with Crippen LogP contribution in [0, 0.1) is 0 Å². The number of anilines is 1. The van der Waals surface area contributed by atoms with Gasteiger partial charge in [0.05, 0.1) is 11.1 Å². The summed E-state index contributed by atoms with van der Waals surface area (Å²) in [6.45, 7) is 0. The summed E-state index contributed by atoms with van der Waals surface area (Å²) >= 11 is 9.31. The second-order valence-electron chi connectivity index (χ2n) is 5.00. The van der Waals surface area contributed by atoms with Gasteiger partial charge in [0.2, 0.25) is 0 Å². The van der Waals surface area contributed by atoms with Gasteiger partial charge in [0.15, 0.2) is 5.54 Å². The first kappa shape index (κ1) is 15.6. The van der Waals surface area contributed by atoms with Crippen LogP contribution >= 0.6 is 27.5 Å². The number of rotatable bonds is 4. The van der Waals surface area contributed by atoms with Crippen LogP contribution in [0.2, 0.25) is 5.02 Å². The Bertz CT molecular complexity index is 511. The van der Waals surface area contributed by atoms with Gasteiger partial charge in [0.25, 0.3) is 0 Å². The van der Waals surface area contributed by atoms with Crippen LogP contribution in [0.15, 0.2) is 22.7 Å². The summed E-state index contributed by atoms with van der Waals surface area (Å²) in [5, 5.41) is 13.4. The summed E-state index contributed by atoms with van der Waals surface area (Å²) in [7, 11) is 1.56. The zero-order valence-corrected chi connectivity index (χ0v) is 13.5. The number of halogens is 2. The van der Waals surface area contributed by atoms with E-state index < -0.39 is 11.5 Å². The number of carboxylic acid groups (broad SMARTS) is 1. The molecule has 0 heterocycles. The predicted octanol–water partition coefficient (Wildman–Crippen LogP) is 3.93. The molecule has 4 nitrogen and oxygen atoms in total. The van der Waals surface area contributed by atoms with E-state index in [-0.39, 0.29) is 6.10 Å². The van der Waals surface area contributed by atoms with Gasteiger partial charge in [0, 0.05) is 17.3 Å². The second-order valence-corrected chi connectivity index (χ2v) is 6.26. The maximum absolute atomic E-state index is 11.8. The summed E-state index contributed by atoms with van der Waals surface area (Å²) in [6, 6.07) is 5.29. The summed E-state index contributed by atoms with van der Waals surface area (Å²) in [4.78, 5) is 11.8. The zero-order valence-electron chi connectivity index (χ0n) is 11.2. The van der Waals surface area contributed by atoms with Gasteiger partial charge in [0.1, 0.15) is 0 Å². The molecule has 1 aliphatic carbocycles. The van der Waals surface area contributed by atoms with Crippen molar-refractivity contribution >= 4 is 39.2 Å². The maximum Gasteiger partial charge on any atom is 0.332 e. The highest BCUT2D eigenvalue weighted by atomic mass is 79.9. The third kappa shape index (κ3) is 2.95. The van der Waals surface area contributed by atoms with E-state index in [0.29, 0.717) is 17.1 Å². The first-order valence-electron chi connectivity index (χ1n) is 6.49. The fourth-order valence-electron chi connectivity index (χ4n) is 2.73. The van der Waals surface area contributed by atoms with E-state index >= 15 is 0 Å². The van der Waals surface area contributed by atoms with Gasteiger partial charge in [-0.05, 0) is 47.0 Å². The Labute approximate surface area is 131 Å². The molecule has 20 heavy (non-hydrogen) atoms. The Morgan fingerprint density at radius 2 is 2.30 bits per heavy atom. The van der Waals surface area contributed by atoms with Crippen molar-refractivity contribution in [3.05, 3.63) is 27.7 Å². The molecule has 0 aliphatic heterocycles. The van der Waals surface area contributed by atoms with Gasteiger partial charge in [-0.1, -0.05) is 24.4 Å². The standard InChI is InChI=1S/C14H17BrClNO3/c1-20-12-4-2-3-7-14(12,13(18)19)17-9-5-6-11(16)10(15)8-9/h5-6,8,12,17H,2-4,7H2,1H3,(H,18,19). The Balaban J connectivity index is 2.32. The summed E-state index contributed by atoms with van der Waals surface area (Å²) in [5.41, 5.74) is -0.368. The molecule has 2 rings (SSSR count). The normalized spacial score (nSPS) is 26.2. The maximum atomic E-state index is 11.8. The lowest BCUT2D eigenvalue weighted by Gasteiger charge is -2.41. The molecule has 0 amide bonds. The molecule has 2 unspecified atom stereocenters. The van der Waals surface area contributed by atoms with E-state index in [1.54, 1.807) is 25.3 Å². The fourth-order valence-corrected chi connectivity index (χ4v) is 3.23. The summed E-state index contributed by atoms with van der Waals surface area (Å²) in [6.07, 6.45) is 2.79. The van der Waals surface area contributed by atoms with Crippen LogP contribution in [0.1, 0.15) is 25.7 Å². The van der Waals surface area contributed by atoms with Crippen LogP contribution in [0.3, 0.4) is 0 Å². The van der Waals surface area contributed by atoms with Crippen molar-refractivity contribution in [2.75, 3.05) is 12.4 Å². The van der Waals surface area contributed by atoms with Crippen LogP contribution in [0.25, 0.3) is 0 Å². The highest BCUT2D eigenvalue weighted by Crippen LogP contribution is 2.35. The number of hydrogen-bond acceptors (Lipinski definition) is 3. The van der Waals surface area contributed by atoms with Gasteiger partial charge in [-0.15, -0.1) is 0 Å². The molecule has 2 N–H and O–H groups in total. The highest BCUT2D eigenvalue weighted by Gasteiger charge is 2.48. The van der Waals surface area contributed by atoms with Crippen molar-refractivity contribution in [1.29, 1.82) is 0 Å². The number of methoxy groups -OCH3 is 1. The lowest BCUT2D eigenvalue weighted by atomic mass is 9.78. The monoisotopic (exact) mass is 361 g/mol. The van der Waals surface area contributed by atoms with Gasteiger partial charge in [-0.2, -0.15) is 0 Å². The second kappa shape index (κ2) is 6.33. The molecule has 0 aromatic heterocycles. The molecule has 0 spiro atoms. The van der Waals surface area contributed by atoms with Crippen molar-refractivity contribution in [2.24, 2.45) is 0 Å².